The van der Waals surface area contributed by atoms with Crippen molar-refractivity contribution in [2.45, 2.75) is 32.7 Å². The lowest BCUT2D eigenvalue weighted by Crippen LogP contribution is -2.26. The number of fused-ring (bicyclic) bond motifs is 3. The molecule has 2 N–H and O–H groups in total. The first-order valence-electron chi connectivity index (χ1n) is 6.13. The Bertz CT molecular complexity index is 525. The van der Waals surface area contributed by atoms with E-state index in [0.717, 1.165) is 19.5 Å². The summed E-state index contributed by atoms with van der Waals surface area (Å²) in [4.78, 5) is 3.58. The Morgan fingerprint density at radius 1 is 1.38 bits per heavy atom. The number of nitrogens with one attached hydrogen (secondary N) is 2. The highest BCUT2D eigenvalue weighted by atomic mass is 14.9. The van der Waals surface area contributed by atoms with Crippen molar-refractivity contribution >= 4 is 10.9 Å². The molecular weight excluding hydrogens is 196 g/mol. The fraction of sp³-hybridized carbons (Fsp3) is 0.429. The zero-order chi connectivity index (χ0) is 11.1. The Hall–Kier alpha value is -1.28. The van der Waals surface area contributed by atoms with Gasteiger partial charge in [-0.1, -0.05) is 19.9 Å². The number of hydrogen-bond donors (Lipinski definition) is 2. The van der Waals surface area contributed by atoms with Crippen molar-refractivity contribution in [3.8, 4) is 0 Å². The minimum atomic E-state index is 0.598. The second-order valence-corrected chi connectivity index (χ2v) is 4.78. The molecule has 0 spiro atoms. The Kier molecular flexibility index (Phi) is 2.25. The fourth-order valence-corrected chi connectivity index (χ4v) is 2.66. The summed E-state index contributed by atoms with van der Waals surface area (Å²) in [7, 11) is 0. The number of rotatable bonds is 1. The maximum absolute atomic E-state index is 3.58. The summed E-state index contributed by atoms with van der Waals surface area (Å²) >= 11 is 0. The van der Waals surface area contributed by atoms with Gasteiger partial charge in [-0.25, -0.2) is 0 Å². The molecule has 0 radical (unpaired) electrons. The summed E-state index contributed by atoms with van der Waals surface area (Å²) in [5.74, 6) is 0.598. The van der Waals surface area contributed by atoms with Gasteiger partial charge in [0.2, 0.25) is 0 Å². The van der Waals surface area contributed by atoms with Gasteiger partial charge in [-0.05, 0) is 29.7 Å². The van der Waals surface area contributed by atoms with E-state index in [9.17, 15) is 0 Å². The molecule has 1 atom stereocenters. The number of hydrogen-bond acceptors (Lipinski definition) is 1. The van der Waals surface area contributed by atoms with Crippen molar-refractivity contribution in [1.82, 2.24) is 10.3 Å². The van der Waals surface area contributed by atoms with Crippen LogP contribution in [0.15, 0.2) is 18.2 Å². The third-order valence-corrected chi connectivity index (χ3v) is 3.66. The number of benzene rings is 1. The molecule has 1 aliphatic rings. The first kappa shape index (κ1) is 9.91. The van der Waals surface area contributed by atoms with Gasteiger partial charge in [0.15, 0.2) is 0 Å². The van der Waals surface area contributed by atoms with Gasteiger partial charge in [-0.15, -0.1) is 0 Å². The molecule has 0 bridgehead atoms. The first-order chi connectivity index (χ1) is 7.79. The van der Waals surface area contributed by atoms with Crippen molar-refractivity contribution < 1.29 is 0 Å². The molecule has 2 nitrogen and oxygen atoms in total. The highest BCUT2D eigenvalue weighted by Crippen LogP contribution is 2.30. The summed E-state index contributed by atoms with van der Waals surface area (Å²) in [5, 5.41) is 4.90. The molecule has 84 valence electrons. The van der Waals surface area contributed by atoms with Crippen molar-refractivity contribution in [2.75, 3.05) is 6.54 Å². The van der Waals surface area contributed by atoms with E-state index in [4.69, 9.17) is 0 Å². The number of H-pyrrole nitrogens is 1. The second-order valence-electron chi connectivity index (χ2n) is 4.78. The van der Waals surface area contributed by atoms with E-state index < -0.39 is 0 Å². The molecule has 0 amide bonds. The monoisotopic (exact) mass is 214 g/mol. The predicted octanol–water partition coefficient (Wildman–Crippen LogP) is 2.94. The maximum atomic E-state index is 3.58. The maximum Gasteiger partial charge on any atom is 0.0459 e. The van der Waals surface area contributed by atoms with Crippen LogP contribution in [-0.2, 0) is 13.0 Å². The molecule has 0 aliphatic carbocycles. The molecule has 3 rings (SSSR count). The SMILES string of the molecule is CCc1ccc2[nH]c3c(c2c1)CNCC3C. The molecule has 1 aliphatic heterocycles. The van der Waals surface area contributed by atoms with Crippen LogP contribution in [0.4, 0.5) is 0 Å². The lowest BCUT2D eigenvalue weighted by Gasteiger charge is -2.19. The zero-order valence-electron chi connectivity index (χ0n) is 9.93. The largest absolute Gasteiger partial charge is 0.358 e. The molecular formula is C14H18N2. The molecule has 2 aromatic rings. The smallest absolute Gasteiger partial charge is 0.0459 e. The normalized spacial score (nSPS) is 20.0. The van der Waals surface area contributed by atoms with Crippen LogP contribution in [0, 0.1) is 0 Å². The van der Waals surface area contributed by atoms with Gasteiger partial charge >= 0.3 is 0 Å². The van der Waals surface area contributed by atoms with E-state index in [1.54, 1.807) is 0 Å². The predicted molar refractivity (Wildman–Crippen MR) is 67.8 cm³/mol. The number of aryl methyl sites for hydroxylation is 1. The van der Waals surface area contributed by atoms with Crippen LogP contribution in [0.25, 0.3) is 10.9 Å². The standard InChI is InChI=1S/C14H18N2/c1-3-10-4-5-13-11(6-10)12-8-15-7-9(2)14(12)16-13/h4-6,9,15-16H,3,7-8H2,1-2H3. The summed E-state index contributed by atoms with van der Waals surface area (Å²) < 4.78 is 0. The van der Waals surface area contributed by atoms with Gasteiger partial charge < -0.3 is 10.3 Å². The van der Waals surface area contributed by atoms with Crippen LogP contribution in [0.1, 0.15) is 36.6 Å². The van der Waals surface area contributed by atoms with Crippen LogP contribution in [0.5, 0.6) is 0 Å². The van der Waals surface area contributed by atoms with Gasteiger partial charge in [-0.3, -0.25) is 0 Å². The van der Waals surface area contributed by atoms with Crippen LogP contribution in [0.2, 0.25) is 0 Å². The number of aromatic amines is 1. The van der Waals surface area contributed by atoms with E-state index in [0.29, 0.717) is 5.92 Å². The lowest BCUT2D eigenvalue weighted by molar-refractivity contribution is 0.565. The van der Waals surface area contributed by atoms with Gasteiger partial charge in [0, 0.05) is 35.6 Å². The van der Waals surface area contributed by atoms with Gasteiger partial charge in [0.1, 0.15) is 0 Å². The van der Waals surface area contributed by atoms with Crippen LogP contribution >= 0.6 is 0 Å². The summed E-state index contributed by atoms with van der Waals surface area (Å²) in [6.45, 7) is 6.58. The molecule has 1 aromatic carbocycles. The quantitative estimate of drug-likeness (QED) is 0.750. The Labute approximate surface area is 96.1 Å². The minimum Gasteiger partial charge on any atom is -0.358 e. The second kappa shape index (κ2) is 3.63. The highest BCUT2D eigenvalue weighted by Gasteiger charge is 2.20. The van der Waals surface area contributed by atoms with Crippen LogP contribution in [0.3, 0.4) is 0 Å². The van der Waals surface area contributed by atoms with Crippen molar-refractivity contribution in [3.63, 3.8) is 0 Å². The van der Waals surface area contributed by atoms with Crippen molar-refractivity contribution in [1.29, 1.82) is 0 Å². The average molecular weight is 214 g/mol. The zero-order valence-corrected chi connectivity index (χ0v) is 9.93. The van der Waals surface area contributed by atoms with E-state index in [1.807, 2.05) is 0 Å². The fourth-order valence-electron chi connectivity index (χ4n) is 2.66. The summed E-state index contributed by atoms with van der Waals surface area (Å²) in [6.07, 6.45) is 1.11. The molecule has 1 aromatic heterocycles. The van der Waals surface area contributed by atoms with Gasteiger partial charge in [-0.2, -0.15) is 0 Å². The summed E-state index contributed by atoms with van der Waals surface area (Å²) in [6, 6.07) is 6.78. The molecule has 2 heterocycles. The third kappa shape index (κ3) is 1.37. The third-order valence-electron chi connectivity index (χ3n) is 3.66. The molecule has 0 saturated carbocycles. The highest BCUT2D eigenvalue weighted by molar-refractivity contribution is 5.85. The van der Waals surface area contributed by atoms with Gasteiger partial charge in [0.05, 0.1) is 0 Å². The van der Waals surface area contributed by atoms with E-state index in [1.165, 1.54) is 27.7 Å². The topological polar surface area (TPSA) is 27.8 Å². The molecule has 1 unspecified atom stereocenters. The van der Waals surface area contributed by atoms with E-state index in [-0.39, 0.29) is 0 Å². The average Bonchev–Trinajstić information content (AvgIpc) is 2.68. The van der Waals surface area contributed by atoms with Crippen molar-refractivity contribution in [2.24, 2.45) is 0 Å². The minimum absolute atomic E-state index is 0.598. The van der Waals surface area contributed by atoms with Crippen LogP contribution < -0.4 is 5.32 Å². The Morgan fingerprint density at radius 3 is 3.06 bits per heavy atom. The lowest BCUT2D eigenvalue weighted by atomic mass is 9.97. The Balaban J connectivity index is 2.25. The summed E-state index contributed by atoms with van der Waals surface area (Å²) in [5.41, 5.74) is 5.62. The molecule has 16 heavy (non-hydrogen) atoms. The Morgan fingerprint density at radius 2 is 2.25 bits per heavy atom. The molecule has 0 saturated heterocycles. The molecule has 2 heteroatoms. The van der Waals surface area contributed by atoms with Crippen molar-refractivity contribution in [3.05, 3.63) is 35.0 Å². The van der Waals surface area contributed by atoms with Crippen LogP contribution in [-0.4, -0.2) is 11.5 Å². The van der Waals surface area contributed by atoms with Gasteiger partial charge in [0.25, 0.3) is 0 Å². The first-order valence-corrected chi connectivity index (χ1v) is 6.13. The number of aromatic nitrogens is 1. The molecule has 0 fully saturated rings. The van der Waals surface area contributed by atoms with E-state index in [2.05, 4.69) is 42.3 Å². The van der Waals surface area contributed by atoms with E-state index >= 15 is 0 Å².